The van der Waals surface area contributed by atoms with Crippen LogP contribution in [0.3, 0.4) is 0 Å². The molecule has 0 aliphatic heterocycles. The molecule has 18 heavy (non-hydrogen) atoms. The van der Waals surface area contributed by atoms with Gasteiger partial charge in [-0.2, -0.15) is 0 Å². The molecule has 0 unspecified atom stereocenters. The van der Waals surface area contributed by atoms with E-state index in [1.54, 1.807) is 13.3 Å². The van der Waals surface area contributed by atoms with Gasteiger partial charge in [0, 0.05) is 24.8 Å². The lowest BCUT2D eigenvalue weighted by molar-refractivity contribution is 0.407. The molecule has 1 aromatic heterocycles. The fourth-order valence-corrected chi connectivity index (χ4v) is 1.74. The molecule has 0 fully saturated rings. The molecule has 2 rings (SSSR count). The van der Waals surface area contributed by atoms with Crippen LogP contribution in [-0.2, 0) is 13.1 Å². The number of benzene rings is 1. The number of hydrogen-bond acceptors (Lipinski definition) is 3. The smallest absolute Gasteiger partial charge is 0.141 e. The van der Waals surface area contributed by atoms with Crippen LogP contribution in [0.15, 0.2) is 42.7 Å². The lowest BCUT2D eigenvalue weighted by Crippen LogP contribution is -2.13. The molecule has 0 spiro atoms. The molecule has 1 N–H and O–H groups in total. The van der Waals surface area contributed by atoms with Gasteiger partial charge in [-0.05, 0) is 17.7 Å². The number of methoxy groups -OCH3 is 1. The van der Waals surface area contributed by atoms with Gasteiger partial charge in [-0.25, -0.2) is 4.39 Å². The molecule has 1 aromatic carbocycles. The number of para-hydroxylation sites is 1. The summed E-state index contributed by atoms with van der Waals surface area (Å²) in [4.78, 5) is 3.80. The van der Waals surface area contributed by atoms with Gasteiger partial charge in [0.15, 0.2) is 0 Å². The monoisotopic (exact) mass is 246 g/mol. The second-order valence-electron chi connectivity index (χ2n) is 3.93. The highest BCUT2D eigenvalue weighted by atomic mass is 19.1. The summed E-state index contributed by atoms with van der Waals surface area (Å²) in [6.45, 7) is 1.24. The van der Waals surface area contributed by atoms with Gasteiger partial charge in [-0.15, -0.1) is 0 Å². The van der Waals surface area contributed by atoms with Crippen LogP contribution >= 0.6 is 0 Å². The maximum atomic E-state index is 12.9. The Morgan fingerprint density at radius 3 is 2.83 bits per heavy atom. The van der Waals surface area contributed by atoms with Crippen molar-refractivity contribution in [1.82, 2.24) is 10.3 Å². The quantitative estimate of drug-likeness (QED) is 0.880. The molecular formula is C14H15FN2O. The van der Waals surface area contributed by atoms with Crippen molar-refractivity contribution < 1.29 is 9.13 Å². The van der Waals surface area contributed by atoms with Crippen molar-refractivity contribution in [2.75, 3.05) is 7.11 Å². The minimum atomic E-state index is -0.313. The van der Waals surface area contributed by atoms with E-state index in [1.807, 2.05) is 24.3 Å². The summed E-state index contributed by atoms with van der Waals surface area (Å²) in [6, 6.07) is 9.28. The zero-order valence-corrected chi connectivity index (χ0v) is 10.2. The average Bonchev–Trinajstić information content (AvgIpc) is 2.39. The first-order chi connectivity index (χ1) is 8.79. The minimum Gasteiger partial charge on any atom is -0.496 e. The molecule has 0 bridgehead atoms. The summed E-state index contributed by atoms with van der Waals surface area (Å²) in [5.74, 6) is 0.536. The van der Waals surface area contributed by atoms with Crippen molar-refractivity contribution in [3.63, 3.8) is 0 Å². The number of rotatable bonds is 5. The second-order valence-corrected chi connectivity index (χ2v) is 3.93. The van der Waals surface area contributed by atoms with Gasteiger partial charge < -0.3 is 10.1 Å². The summed E-state index contributed by atoms with van der Waals surface area (Å²) >= 11 is 0. The maximum Gasteiger partial charge on any atom is 0.141 e. The molecule has 4 heteroatoms. The Hall–Kier alpha value is -1.94. The van der Waals surface area contributed by atoms with Crippen LogP contribution in [0.4, 0.5) is 4.39 Å². The molecule has 0 atom stereocenters. The maximum absolute atomic E-state index is 12.9. The first-order valence-electron chi connectivity index (χ1n) is 5.71. The summed E-state index contributed by atoms with van der Waals surface area (Å²) in [5, 5.41) is 3.23. The van der Waals surface area contributed by atoms with E-state index >= 15 is 0 Å². The average molecular weight is 246 g/mol. The zero-order chi connectivity index (χ0) is 12.8. The fourth-order valence-electron chi connectivity index (χ4n) is 1.74. The van der Waals surface area contributed by atoms with Gasteiger partial charge in [0.05, 0.1) is 13.3 Å². The van der Waals surface area contributed by atoms with Crippen LogP contribution in [0.2, 0.25) is 0 Å². The second kappa shape index (κ2) is 6.12. The number of hydrogen-bond donors (Lipinski definition) is 1. The number of nitrogens with zero attached hydrogens (tertiary/aromatic N) is 1. The van der Waals surface area contributed by atoms with Crippen molar-refractivity contribution in [3.8, 4) is 5.75 Å². The van der Waals surface area contributed by atoms with Crippen LogP contribution in [0.25, 0.3) is 0 Å². The lowest BCUT2D eigenvalue weighted by Gasteiger charge is -2.09. The van der Waals surface area contributed by atoms with Gasteiger partial charge >= 0.3 is 0 Å². The number of halogens is 1. The Bertz CT molecular complexity index is 517. The van der Waals surface area contributed by atoms with E-state index in [0.717, 1.165) is 16.9 Å². The Kier molecular flexibility index (Phi) is 4.25. The van der Waals surface area contributed by atoms with E-state index in [1.165, 1.54) is 12.3 Å². The molecule has 94 valence electrons. The Labute approximate surface area is 106 Å². The molecule has 1 heterocycles. The van der Waals surface area contributed by atoms with Gasteiger partial charge in [0.25, 0.3) is 0 Å². The normalized spacial score (nSPS) is 10.3. The predicted octanol–water partition coefficient (Wildman–Crippen LogP) is 2.52. The van der Waals surface area contributed by atoms with Crippen molar-refractivity contribution in [1.29, 1.82) is 0 Å². The lowest BCUT2D eigenvalue weighted by atomic mass is 10.2. The highest BCUT2D eigenvalue weighted by Gasteiger charge is 2.01. The van der Waals surface area contributed by atoms with Crippen LogP contribution in [-0.4, -0.2) is 12.1 Å². The molecule has 3 nitrogen and oxygen atoms in total. The number of pyridine rings is 1. The minimum absolute atomic E-state index is 0.313. The number of aromatic nitrogens is 1. The third-order valence-corrected chi connectivity index (χ3v) is 2.60. The first-order valence-corrected chi connectivity index (χ1v) is 5.71. The van der Waals surface area contributed by atoms with Gasteiger partial charge in [-0.1, -0.05) is 18.2 Å². The van der Waals surface area contributed by atoms with Gasteiger partial charge in [0.2, 0.25) is 0 Å². The largest absolute Gasteiger partial charge is 0.496 e. The summed E-state index contributed by atoms with van der Waals surface area (Å²) in [7, 11) is 1.65. The van der Waals surface area contributed by atoms with E-state index < -0.39 is 0 Å². The van der Waals surface area contributed by atoms with E-state index in [4.69, 9.17) is 4.74 Å². The summed E-state index contributed by atoms with van der Waals surface area (Å²) in [5.41, 5.74) is 1.90. The zero-order valence-electron chi connectivity index (χ0n) is 10.2. The SMILES string of the molecule is COc1ccccc1CNCc1cncc(F)c1. The predicted molar refractivity (Wildman–Crippen MR) is 67.7 cm³/mol. The molecule has 0 saturated heterocycles. The van der Waals surface area contributed by atoms with E-state index in [-0.39, 0.29) is 5.82 Å². The topological polar surface area (TPSA) is 34.1 Å². The molecule has 0 radical (unpaired) electrons. The highest BCUT2D eigenvalue weighted by Crippen LogP contribution is 2.16. The molecule has 2 aromatic rings. The molecule has 0 aliphatic carbocycles. The van der Waals surface area contributed by atoms with Crippen LogP contribution in [0.1, 0.15) is 11.1 Å². The Morgan fingerprint density at radius 2 is 2.06 bits per heavy atom. The third kappa shape index (κ3) is 3.28. The first kappa shape index (κ1) is 12.5. The van der Waals surface area contributed by atoms with Crippen LogP contribution in [0.5, 0.6) is 5.75 Å². The van der Waals surface area contributed by atoms with Crippen molar-refractivity contribution >= 4 is 0 Å². The van der Waals surface area contributed by atoms with E-state index in [0.29, 0.717) is 13.1 Å². The standard InChI is InChI=1S/C14H15FN2O/c1-18-14-5-3-2-4-12(14)9-16-7-11-6-13(15)10-17-8-11/h2-6,8,10,16H,7,9H2,1H3. The van der Waals surface area contributed by atoms with Gasteiger partial charge in [0.1, 0.15) is 11.6 Å². The van der Waals surface area contributed by atoms with Crippen molar-refractivity contribution in [3.05, 3.63) is 59.7 Å². The molecule has 0 saturated carbocycles. The third-order valence-electron chi connectivity index (χ3n) is 2.60. The molecular weight excluding hydrogens is 231 g/mol. The highest BCUT2D eigenvalue weighted by molar-refractivity contribution is 5.33. The van der Waals surface area contributed by atoms with Gasteiger partial charge in [-0.3, -0.25) is 4.98 Å². The fraction of sp³-hybridized carbons (Fsp3) is 0.214. The Morgan fingerprint density at radius 1 is 1.22 bits per heavy atom. The summed E-state index contributed by atoms with van der Waals surface area (Å²) in [6.07, 6.45) is 2.85. The van der Waals surface area contributed by atoms with E-state index in [9.17, 15) is 4.39 Å². The Balaban J connectivity index is 1.92. The summed E-state index contributed by atoms with van der Waals surface area (Å²) < 4.78 is 18.2. The number of nitrogens with one attached hydrogen (secondary N) is 1. The number of ether oxygens (including phenoxy) is 1. The molecule has 0 aliphatic rings. The molecule has 0 amide bonds. The van der Waals surface area contributed by atoms with E-state index in [2.05, 4.69) is 10.3 Å². The van der Waals surface area contributed by atoms with Crippen molar-refractivity contribution in [2.24, 2.45) is 0 Å². The van der Waals surface area contributed by atoms with Crippen LogP contribution in [0, 0.1) is 5.82 Å². The van der Waals surface area contributed by atoms with Crippen molar-refractivity contribution in [2.45, 2.75) is 13.1 Å². The van der Waals surface area contributed by atoms with Crippen LogP contribution < -0.4 is 10.1 Å².